The molecular weight excluding hydrogens is 181 g/mol. The van der Waals surface area contributed by atoms with Crippen molar-refractivity contribution in [3.63, 3.8) is 0 Å². The molecule has 1 aromatic rings. The summed E-state index contributed by atoms with van der Waals surface area (Å²) in [4.78, 5) is 0. The average molecular weight is 184 g/mol. The van der Waals surface area contributed by atoms with E-state index in [1.807, 2.05) is 0 Å². The SMILES string of the molecule is COc1nnc(C(F)(F)F)s1. The Morgan fingerprint density at radius 1 is 1.36 bits per heavy atom. The van der Waals surface area contributed by atoms with Crippen LogP contribution in [0.1, 0.15) is 5.01 Å². The number of hydrogen-bond donors (Lipinski definition) is 0. The van der Waals surface area contributed by atoms with Crippen molar-refractivity contribution in [2.24, 2.45) is 0 Å². The summed E-state index contributed by atoms with van der Waals surface area (Å²) < 4.78 is 39.8. The number of methoxy groups -OCH3 is 1. The van der Waals surface area contributed by atoms with E-state index in [1.165, 1.54) is 7.11 Å². The standard InChI is InChI=1S/C4H3F3N2OS/c1-10-3-9-8-2(11-3)4(5,6)7/h1H3. The summed E-state index contributed by atoms with van der Waals surface area (Å²) in [6.45, 7) is 0. The van der Waals surface area contributed by atoms with E-state index in [0.717, 1.165) is 0 Å². The number of hydrogen-bond acceptors (Lipinski definition) is 4. The monoisotopic (exact) mass is 184 g/mol. The van der Waals surface area contributed by atoms with Gasteiger partial charge in [-0.05, 0) is 0 Å². The Hall–Kier alpha value is -0.850. The van der Waals surface area contributed by atoms with Crippen LogP contribution < -0.4 is 4.74 Å². The first-order chi connectivity index (χ1) is 5.04. The van der Waals surface area contributed by atoms with E-state index >= 15 is 0 Å². The van der Waals surface area contributed by atoms with Crippen LogP contribution in [0.15, 0.2) is 0 Å². The van der Waals surface area contributed by atoms with Crippen molar-refractivity contribution in [2.45, 2.75) is 6.18 Å². The van der Waals surface area contributed by atoms with Crippen molar-refractivity contribution < 1.29 is 17.9 Å². The molecule has 0 aliphatic heterocycles. The fraction of sp³-hybridized carbons (Fsp3) is 0.500. The van der Waals surface area contributed by atoms with Crippen LogP contribution in [0.3, 0.4) is 0 Å². The highest BCUT2D eigenvalue weighted by atomic mass is 32.1. The normalized spacial score (nSPS) is 11.6. The minimum absolute atomic E-state index is 0.0858. The number of rotatable bonds is 1. The second-order valence-electron chi connectivity index (χ2n) is 1.58. The lowest BCUT2D eigenvalue weighted by atomic mass is 10.7. The summed E-state index contributed by atoms with van der Waals surface area (Å²) in [5.74, 6) is 0. The Balaban J connectivity index is 2.89. The molecule has 0 unspecified atom stereocenters. The molecule has 7 heteroatoms. The Kier molecular flexibility index (Phi) is 1.99. The fourth-order valence-corrected chi connectivity index (χ4v) is 0.935. The van der Waals surface area contributed by atoms with E-state index in [-0.39, 0.29) is 5.19 Å². The van der Waals surface area contributed by atoms with Crippen molar-refractivity contribution in [1.29, 1.82) is 0 Å². The maximum atomic E-state index is 11.8. The minimum atomic E-state index is -4.42. The third-order valence-corrected chi connectivity index (χ3v) is 1.75. The summed E-state index contributed by atoms with van der Waals surface area (Å²) in [5, 5.41) is 4.93. The van der Waals surface area contributed by atoms with Crippen molar-refractivity contribution in [2.75, 3.05) is 7.11 Å². The van der Waals surface area contributed by atoms with E-state index in [2.05, 4.69) is 14.9 Å². The predicted molar refractivity (Wildman–Crippen MR) is 31.5 cm³/mol. The molecule has 0 bridgehead atoms. The topological polar surface area (TPSA) is 35.0 Å². The fourth-order valence-electron chi connectivity index (χ4n) is 0.407. The molecule has 0 aromatic carbocycles. The molecule has 0 saturated carbocycles. The minimum Gasteiger partial charge on any atom is -0.472 e. The molecule has 0 amide bonds. The van der Waals surface area contributed by atoms with E-state index in [4.69, 9.17) is 0 Å². The van der Waals surface area contributed by atoms with Gasteiger partial charge in [-0.2, -0.15) is 13.2 Å². The van der Waals surface area contributed by atoms with Gasteiger partial charge in [0.1, 0.15) is 0 Å². The van der Waals surface area contributed by atoms with Gasteiger partial charge in [-0.3, -0.25) is 0 Å². The smallest absolute Gasteiger partial charge is 0.445 e. The molecule has 3 nitrogen and oxygen atoms in total. The Labute approximate surface area is 63.8 Å². The third-order valence-electron chi connectivity index (χ3n) is 0.824. The average Bonchev–Trinajstić information content (AvgIpc) is 2.32. The lowest BCUT2D eigenvalue weighted by Crippen LogP contribution is -2.03. The zero-order chi connectivity index (χ0) is 8.48. The lowest BCUT2D eigenvalue weighted by molar-refractivity contribution is -0.138. The molecule has 1 rings (SSSR count). The largest absolute Gasteiger partial charge is 0.472 e. The third kappa shape index (κ3) is 1.79. The number of ether oxygens (including phenoxy) is 1. The zero-order valence-electron chi connectivity index (χ0n) is 5.34. The first-order valence-corrected chi connectivity index (χ1v) is 3.30. The summed E-state index contributed by atoms with van der Waals surface area (Å²) in [6, 6.07) is 0. The lowest BCUT2D eigenvalue weighted by Gasteiger charge is -1.96. The van der Waals surface area contributed by atoms with Gasteiger partial charge in [0.05, 0.1) is 7.11 Å². The van der Waals surface area contributed by atoms with Crippen LogP contribution in [0.2, 0.25) is 0 Å². The van der Waals surface area contributed by atoms with Gasteiger partial charge in [0.2, 0.25) is 5.01 Å². The van der Waals surface area contributed by atoms with Crippen molar-refractivity contribution in [3.8, 4) is 5.19 Å². The highest BCUT2D eigenvalue weighted by Gasteiger charge is 2.35. The van der Waals surface area contributed by atoms with Crippen LogP contribution in [-0.4, -0.2) is 17.3 Å². The molecule has 0 fully saturated rings. The van der Waals surface area contributed by atoms with Crippen LogP contribution in [0.5, 0.6) is 5.19 Å². The van der Waals surface area contributed by atoms with Gasteiger partial charge < -0.3 is 4.74 Å². The molecule has 62 valence electrons. The van der Waals surface area contributed by atoms with Gasteiger partial charge in [-0.15, -0.1) is 5.10 Å². The van der Waals surface area contributed by atoms with E-state index < -0.39 is 11.2 Å². The van der Waals surface area contributed by atoms with Crippen molar-refractivity contribution >= 4 is 11.3 Å². The Morgan fingerprint density at radius 3 is 2.27 bits per heavy atom. The molecule has 0 spiro atoms. The van der Waals surface area contributed by atoms with E-state index in [1.54, 1.807) is 0 Å². The van der Waals surface area contributed by atoms with Crippen LogP contribution >= 0.6 is 11.3 Å². The number of aromatic nitrogens is 2. The van der Waals surface area contributed by atoms with Gasteiger partial charge in [0.25, 0.3) is 5.19 Å². The molecule has 0 N–H and O–H groups in total. The maximum Gasteiger partial charge on any atom is 0.445 e. The van der Waals surface area contributed by atoms with Crippen molar-refractivity contribution in [3.05, 3.63) is 5.01 Å². The molecule has 0 saturated heterocycles. The van der Waals surface area contributed by atoms with Gasteiger partial charge in [0.15, 0.2) is 0 Å². The van der Waals surface area contributed by atoms with Crippen LogP contribution in [-0.2, 0) is 6.18 Å². The molecule has 0 aliphatic carbocycles. The number of alkyl halides is 3. The van der Waals surface area contributed by atoms with Crippen LogP contribution in [0, 0.1) is 0 Å². The molecule has 1 aromatic heterocycles. The van der Waals surface area contributed by atoms with Gasteiger partial charge in [-0.1, -0.05) is 16.4 Å². The van der Waals surface area contributed by atoms with Gasteiger partial charge in [-0.25, -0.2) is 0 Å². The zero-order valence-corrected chi connectivity index (χ0v) is 6.16. The van der Waals surface area contributed by atoms with Gasteiger partial charge in [0, 0.05) is 0 Å². The Bertz CT molecular complexity index is 246. The van der Waals surface area contributed by atoms with Gasteiger partial charge >= 0.3 is 6.18 Å². The summed E-state index contributed by atoms with van der Waals surface area (Å²) >= 11 is 0.370. The highest BCUT2D eigenvalue weighted by Crippen LogP contribution is 2.33. The summed E-state index contributed by atoms with van der Waals surface area (Å²) in [6.07, 6.45) is -4.42. The summed E-state index contributed by atoms with van der Waals surface area (Å²) in [7, 11) is 1.24. The molecule has 11 heavy (non-hydrogen) atoms. The second-order valence-corrected chi connectivity index (χ2v) is 2.52. The van der Waals surface area contributed by atoms with E-state index in [9.17, 15) is 13.2 Å². The molecule has 1 heterocycles. The first kappa shape index (κ1) is 8.25. The number of nitrogens with zero attached hydrogens (tertiary/aromatic N) is 2. The highest BCUT2D eigenvalue weighted by molar-refractivity contribution is 7.13. The van der Waals surface area contributed by atoms with Crippen LogP contribution in [0.4, 0.5) is 13.2 Å². The molecule has 0 atom stereocenters. The predicted octanol–water partition coefficient (Wildman–Crippen LogP) is 1.57. The molecule has 0 aliphatic rings. The quantitative estimate of drug-likeness (QED) is 0.664. The Morgan fingerprint density at radius 2 is 2.00 bits per heavy atom. The van der Waals surface area contributed by atoms with Crippen LogP contribution in [0.25, 0.3) is 0 Å². The molecular formula is C4H3F3N2OS. The van der Waals surface area contributed by atoms with E-state index in [0.29, 0.717) is 11.3 Å². The maximum absolute atomic E-state index is 11.8. The second kappa shape index (κ2) is 2.65. The number of halogens is 3. The first-order valence-electron chi connectivity index (χ1n) is 2.48. The van der Waals surface area contributed by atoms with Crippen molar-refractivity contribution in [1.82, 2.24) is 10.2 Å². The molecule has 0 radical (unpaired) electrons. The summed E-state index contributed by atoms with van der Waals surface area (Å²) in [5.41, 5.74) is 0.